The molecule has 0 saturated carbocycles. The molecular weight excluding hydrogens is 270 g/mol. The lowest BCUT2D eigenvalue weighted by Gasteiger charge is -2.02. The average Bonchev–Trinajstić information content (AvgIpc) is 3.15. The summed E-state index contributed by atoms with van der Waals surface area (Å²) in [7, 11) is 1.96. The van der Waals surface area contributed by atoms with Crippen LogP contribution in [0.2, 0.25) is 0 Å². The molecule has 3 aromatic heterocycles. The lowest BCUT2D eigenvalue weighted by molar-refractivity contribution is 0.671. The Morgan fingerprint density at radius 2 is 2.30 bits per heavy atom. The second-order valence-electron chi connectivity index (χ2n) is 4.74. The maximum atomic E-state index is 4.33. The Kier molecular flexibility index (Phi) is 3.66. The molecule has 0 spiro atoms. The Balaban J connectivity index is 1.58. The molecule has 5 nitrogen and oxygen atoms in total. The van der Waals surface area contributed by atoms with Crippen molar-refractivity contribution in [3.8, 4) is 10.6 Å². The number of aromatic nitrogens is 4. The third-order valence-electron chi connectivity index (χ3n) is 3.37. The fourth-order valence-electron chi connectivity index (χ4n) is 2.05. The highest BCUT2D eigenvalue weighted by Gasteiger charge is 2.06. The summed E-state index contributed by atoms with van der Waals surface area (Å²) in [4.78, 5) is 1.19. The highest BCUT2D eigenvalue weighted by atomic mass is 32.1. The van der Waals surface area contributed by atoms with E-state index >= 15 is 0 Å². The van der Waals surface area contributed by atoms with Crippen molar-refractivity contribution >= 4 is 11.3 Å². The molecule has 0 fully saturated rings. The maximum absolute atomic E-state index is 4.33. The molecule has 104 valence electrons. The molecule has 3 heterocycles. The first kappa shape index (κ1) is 13.1. The van der Waals surface area contributed by atoms with E-state index in [-0.39, 0.29) is 0 Å². The van der Waals surface area contributed by atoms with Crippen LogP contribution in [0.1, 0.15) is 17.0 Å². The number of nitrogens with zero attached hydrogens (tertiary/aromatic N) is 3. The first-order chi connectivity index (χ1) is 9.74. The number of thiophene rings is 1. The van der Waals surface area contributed by atoms with Gasteiger partial charge in [0.25, 0.3) is 0 Å². The molecule has 20 heavy (non-hydrogen) atoms. The molecular formula is C14H17N5S. The Morgan fingerprint density at radius 3 is 3.00 bits per heavy atom. The largest absolute Gasteiger partial charge is 0.307 e. The average molecular weight is 287 g/mol. The van der Waals surface area contributed by atoms with Gasteiger partial charge in [0.1, 0.15) is 5.69 Å². The molecule has 3 rings (SSSR count). The summed E-state index contributed by atoms with van der Waals surface area (Å²) >= 11 is 1.70. The summed E-state index contributed by atoms with van der Waals surface area (Å²) in [5, 5.41) is 17.1. The van der Waals surface area contributed by atoms with Crippen molar-refractivity contribution in [3.05, 3.63) is 46.7 Å². The quantitative estimate of drug-likeness (QED) is 0.758. The SMILES string of the molecule is Cc1c(CNCc2cc(-c3cccs3)n[nH]2)cnn1C. The predicted molar refractivity (Wildman–Crippen MR) is 80.4 cm³/mol. The van der Waals surface area contributed by atoms with E-state index in [1.807, 2.05) is 24.0 Å². The Morgan fingerprint density at radius 1 is 1.40 bits per heavy atom. The fraction of sp³-hybridized carbons (Fsp3) is 0.286. The summed E-state index contributed by atoms with van der Waals surface area (Å²) in [6.45, 7) is 3.66. The van der Waals surface area contributed by atoms with Gasteiger partial charge in [-0.2, -0.15) is 10.2 Å². The zero-order valence-electron chi connectivity index (χ0n) is 11.6. The van der Waals surface area contributed by atoms with Gasteiger partial charge in [-0.15, -0.1) is 11.3 Å². The summed E-state index contributed by atoms with van der Waals surface area (Å²) in [5.41, 5.74) is 4.52. The van der Waals surface area contributed by atoms with E-state index in [1.165, 1.54) is 16.1 Å². The molecule has 0 radical (unpaired) electrons. The summed E-state index contributed by atoms with van der Waals surface area (Å²) in [6.07, 6.45) is 1.91. The second kappa shape index (κ2) is 5.60. The second-order valence-corrected chi connectivity index (χ2v) is 5.69. The van der Waals surface area contributed by atoms with E-state index in [9.17, 15) is 0 Å². The third-order valence-corrected chi connectivity index (χ3v) is 4.26. The van der Waals surface area contributed by atoms with Crippen molar-refractivity contribution in [1.82, 2.24) is 25.3 Å². The first-order valence-electron chi connectivity index (χ1n) is 6.50. The highest BCUT2D eigenvalue weighted by Crippen LogP contribution is 2.22. The summed E-state index contributed by atoms with van der Waals surface area (Å²) in [5.74, 6) is 0. The lowest BCUT2D eigenvalue weighted by Crippen LogP contribution is -2.13. The Hall–Kier alpha value is -1.92. The zero-order chi connectivity index (χ0) is 13.9. The number of nitrogens with one attached hydrogen (secondary N) is 2. The van der Waals surface area contributed by atoms with Crippen molar-refractivity contribution in [3.63, 3.8) is 0 Å². The van der Waals surface area contributed by atoms with Crippen LogP contribution in [0.3, 0.4) is 0 Å². The molecule has 2 N–H and O–H groups in total. The first-order valence-corrected chi connectivity index (χ1v) is 7.38. The van der Waals surface area contributed by atoms with Crippen molar-refractivity contribution in [1.29, 1.82) is 0 Å². The van der Waals surface area contributed by atoms with Gasteiger partial charge in [-0.25, -0.2) is 0 Å². The highest BCUT2D eigenvalue weighted by molar-refractivity contribution is 7.13. The van der Waals surface area contributed by atoms with Crippen LogP contribution < -0.4 is 5.32 Å². The minimum Gasteiger partial charge on any atom is -0.307 e. The standard InChI is InChI=1S/C14H17N5S/c1-10-11(8-16-19(10)2)7-15-9-12-6-13(18-17-12)14-4-3-5-20-14/h3-6,8,15H,7,9H2,1-2H3,(H,17,18). The lowest BCUT2D eigenvalue weighted by atomic mass is 10.2. The van der Waals surface area contributed by atoms with Gasteiger partial charge in [0, 0.05) is 37.1 Å². The van der Waals surface area contributed by atoms with Gasteiger partial charge in [0.05, 0.1) is 11.1 Å². The minimum atomic E-state index is 0.771. The van der Waals surface area contributed by atoms with Gasteiger partial charge in [-0.3, -0.25) is 9.78 Å². The fourth-order valence-corrected chi connectivity index (χ4v) is 2.74. The van der Waals surface area contributed by atoms with Crippen LogP contribution in [0.4, 0.5) is 0 Å². The molecule has 0 bridgehead atoms. The molecule has 6 heteroatoms. The van der Waals surface area contributed by atoms with Gasteiger partial charge >= 0.3 is 0 Å². The van der Waals surface area contributed by atoms with Crippen LogP contribution >= 0.6 is 11.3 Å². The van der Waals surface area contributed by atoms with Gasteiger partial charge in [0.15, 0.2) is 0 Å². The van der Waals surface area contributed by atoms with Crippen LogP contribution in [0.25, 0.3) is 10.6 Å². The Labute approximate surface area is 121 Å². The summed E-state index contributed by atoms with van der Waals surface area (Å²) in [6, 6.07) is 6.21. The molecule has 3 aromatic rings. The molecule has 0 saturated heterocycles. The smallest absolute Gasteiger partial charge is 0.102 e. The van der Waals surface area contributed by atoms with Gasteiger partial charge in [-0.1, -0.05) is 6.07 Å². The topological polar surface area (TPSA) is 58.5 Å². The number of rotatable bonds is 5. The number of hydrogen-bond acceptors (Lipinski definition) is 4. The Bertz CT molecular complexity index is 680. The summed E-state index contributed by atoms with van der Waals surface area (Å²) < 4.78 is 1.89. The molecule has 0 aliphatic heterocycles. The van der Waals surface area contributed by atoms with Crippen molar-refractivity contribution in [2.45, 2.75) is 20.0 Å². The molecule has 0 aliphatic carbocycles. The number of H-pyrrole nitrogens is 1. The minimum absolute atomic E-state index is 0.771. The zero-order valence-corrected chi connectivity index (χ0v) is 12.4. The van der Waals surface area contributed by atoms with E-state index in [4.69, 9.17) is 0 Å². The van der Waals surface area contributed by atoms with E-state index < -0.39 is 0 Å². The van der Waals surface area contributed by atoms with Crippen LogP contribution in [0, 0.1) is 6.92 Å². The number of aryl methyl sites for hydroxylation is 1. The maximum Gasteiger partial charge on any atom is 0.102 e. The van der Waals surface area contributed by atoms with E-state index in [1.54, 1.807) is 11.3 Å². The molecule has 0 aromatic carbocycles. The van der Waals surface area contributed by atoms with Crippen LogP contribution in [-0.2, 0) is 20.1 Å². The third kappa shape index (κ3) is 2.66. The van der Waals surface area contributed by atoms with Crippen molar-refractivity contribution in [2.24, 2.45) is 7.05 Å². The van der Waals surface area contributed by atoms with Gasteiger partial charge in [0.2, 0.25) is 0 Å². The van der Waals surface area contributed by atoms with Crippen LogP contribution in [-0.4, -0.2) is 20.0 Å². The predicted octanol–water partition coefficient (Wildman–Crippen LogP) is 2.47. The van der Waals surface area contributed by atoms with Gasteiger partial charge < -0.3 is 5.32 Å². The van der Waals surface area contributed by atoms with E-state index in [0.29, 0.717) is 0 Å². The number of aromatic amines is 1. The normalized spacial score (nSPS) is 11.1. The molecule has 0 aliphatic rings. The van der Waals surface area contributed by atoms with Crippen molar-refractivity contribution < 1.29 is 0 Å². The molecule has 0 unspecified atom stereocenters. The molecule has 0 atom stereocenters. The van der Waals surface area contributed by atoms with E-state index in [0.717, 1.165) is 24.5 Å². The number of hydrogen-bond donors (Lipinski definition) is 2. The van der Waals surface area contributed by atoms with Crippen molar-refractivity contribution in [2.75, 3.05) is 0 Å². The van der Waals surface area contributed by atoms with Crippen LogP contribution in [0.15, 0.2) is 29.8 Å². The molecule has 0 amide bonds. The van der Waals surface area contributed by atoms with Crippen LogP contribution in [0.5, 0.6) is 0 Å². The monoisotopic (exact) mass is 287 g/mol. The van der Waals surface area contributed by atoms with Gasteiger partial charge in [-0.05, 0) is 24.4 Å². The van der Waals surface area contributed by atoms with E-state index in [2.05, 4.69) is 45.0 Å².